The van der Waals surface area contributed by atoms with E-state index in [1.54, 1.807) is 30.3 Å². The van der Waals surface area contributed by atoms with Crippen molar-refractivity contribution >= 4 is 48.6 Å². The summed E-state index contributed by atoms with van der Waals surface area (Å²) in [5.41, 5.74) is 2.15. The summed E-state index contributed by atoms with van der Waals surface area (Å²) < 4.78 is 35.0. The smallest absolute Gasteiger partial charge is 0.264 e. The Balaban J connectivity index is 1.60. The molecule has 0 N–H and O–H groups in total. The van der Waals surface area contributed by atoms with Crippen LogP contribution in [0.4, 0.5) is 5.69 Å². The Morgan fingerprint density at radius 3 is 2.80 bits per heavy atom. The summed E-state index contributed by atoms with van der Waals surface area (Å²) in [5.74, 6) is 0.528. The Kier molecular flexibility index (Phi) is 4.50. The highest BCUT2D eigenvalue weighted by Gasteiger charge is 2.31. The van der Waals surface area contributed by atoms with Crippen LogP contribution in [0.25, 0.3) is 20.7 Å². The Morgan fingerprint density at radius 1 is 1.13 bits per heavy atom. The van der Waals surface area contributed by atoms with Gasteiger partial charge in [0.2, 0.25) is 0 Å². The molecular formula is C21H15N3O3S3. The van der Waals surface area contributed by atoms with Gasteiger partial charge in [-0.1, -0.05) is 0 Å². The van der Waals surface area contributed by atoms with Gasteiger partial charge in [-0.2, -0.15) is 5.26 Å². The summed E-state index contributed by atoms with van der Waals surface area (Å²) in [6.07, 6.45) is 0. The van der Waals surface area contributed by atoms with Crippen molar-refractivity contribution in [3.8, 4) is 22.3 Å². The molecule has 2 aromatic heterocycles. The Morgan fingerprint density at radius 2 is 2.00 bits per heavy atom. The number of sulfonamides is 1. The number of nitrogens with zero attached hydrogens (tertiary/aromatic N) is 3. The fraction of sp³-hybridized carbons (Fsp3) is 0.143. The van der Waals surface area contributed by atoms with Crippen LogP contribution in [-0.2, 0) is 10.0 Å². The molecule has 1 aliphatic rings. The maximum atomic E-state index is 13.5. The topological polar surface area (TPSA) is 83.3 Å². The zero-order chi connectivity index (χ0) is 20.9. The Bertz CT molecular complexity index is 1430. The summed E-state index contributed by atoms with van der Waals surface area (Å²) in [4.78, 5) is 6.15. The SMILES string of the molecule is Cc1nc2ccc(S(=O)(=O)N3CCOc4ccc(-c5ccc(C#N)s5)cc43)cc2s1. The lowest BCUT2D eigenvalue weighted by atomic mass is 10.1. The molecule has 0 saturated heterocycles. The molecule has 2 aromatic carbocycles. The maximum Gasteiger partial charge on any atom is 0.264 e. The molecule has 0 amide bonds. The van der Waals surface area contributed by atoms with Gasteiger partial charge < -0.3 is 4.74 Å². The first kappa shape index (κ1) is 19.1. The van der Waals surface area contributed by atoms with Gasteiger partial charge in [0.05, 0.1) is 32.4 Å². The number of thiazole rings is 1. The predicted octanol–water partition coefficient (Wildman–Crippen LogP) is 4.79. The van der Waals surface area contributed by atoms with E-state index in [-0.39, 0.29) is 18.0 Å². The van der Waals surface area contributed by atoms with E-state index >= 15 is 0 Å². The average molecular weight is 454 g/mol. The monoisotopic (exact) mass is 453 g/mol. The van der Waals surface area contributed by atoms with Crippen LogP contribution in [-0.4, -0.2) is 26.6 Å². The number of hydrogen-bond acceptors (Lipinski definition) is 7. The van der Waals surface area contributed by atoms with Gasteiger partial charge in [0, 0.05) is 4.88 Å². The zero-order valence-electron chi connectivity index (χ0n) is 15.8. The van der Waals surface area contributed by atoms with Crippen molar-refractivity contribution < 1.29 is 13.2 Å². The highest BCUT2D eigenvalue weighted by Crippen LogP contribution is 2.40. The van der Waals surface area contributed by atoms with Crippen molar-refractivity contribution in [3.05, 3.63) is 58.4 Å². The molecule has 0 saturated carbocycles. The number of anilines is 1. The molecule has 9 heteroatoms. The minimum Gasteiger partial charge on any atom is -0.489 e. The highest BCUT2D eigenvalue weighted by atomic mass is 32.2. The molecule has 0 radical (unpaired) electrons. The van der Waals surface area contributed by atoms with Gasteiger partial charge in [-0.05, 0) is 61.0 Å². The summed E-state index contributed by atoms with van der Waals surface area (Å²) >= 11 is 2.85. The van der Waals surface area contributed by atoms with Gasteiger partial charge in [0.15, 0.2) is 0 Å². The third-order valence-corrected chi connectivity index (χ3v) is 8.62. The molecule has 0 aliphatic carbocycles. The molecule has 6 nitrogen and oxygen atoms in total. The van der Waals surface area contributed by atoms with Crippen LogP contribution in [0, 0.1) is 18.3 Å². The summed E-state index contributed by atoms with van der Waals surface area (Å²) in [6, 6.07) is 16.3. The quantitative estimate of drug-likeness (QED) is 0.445. The minimum atomic E-state index is -3.77. The number of ether oxygens (including phenoxy) is 1. The second-order valence-electron chi connectivity index (χ2n) is 6.75. The number of nitriles is 1. The number of hydrogen-bond donors (Lipinski definition) is 0. The lowest BCUT2D eigenvalue weighted by molar-refractivity contribution is 0.316. The van der Waals surface area contributed by atoms with E-state index in [4.69, 9.17) is 10.00 Å². The van der Waals surface area contributed by atoms with Gasteiger partial charge in [-0.15, -0.1) is 22.7 Å². The van der Waals surface area contributed by atoms with Crippen molar-refractivity contribution in [1.82, 2.24) is 4.98 Å². The van der Waals surface area contributed by atoms with Gasteiger partial charge >= 0.3 is 0 Å². The van der Waals surface area contributed by atoms with Crippen LogP contribution in [0.15, 0.2) is 53.4 Å². The molecule has 0 fully saturated rings. The Hall–Kier alpha value is -2.93. The highest BCUT2D eigenvalue weighted by molar-refractivity contribution is 7.92. The third-order valence-electron chi connectivity index (χ3n) is 4.84. The van der Waals surface area contributed by atoms with Crippen LogP contribution >= 0.6 is 22.7 Å². The van der Waals surface area contributed by atoms with E-state index in [1.807, 2.05) is 25.1 Å². The van der Waals surface area contributed by atoms with E-state index < -0.39 is 10.0 Å². The van der Waals surface area contributed by atoms with Crippen LogP contribution in [0.1, 0.15) is 9.88 Å². The number of aryl methyl sites for hydroxylation is 1. The molecule has 0 bridgehead atoms. The second kappa shape index (κ2) is 7.09. The summed E-state index contributed by atoms with van der Waals surface area (Å²) in [7, 11) is -3.77. The first-order chi connectivity index (χ1) is 14.5. The molecule has 150 valence electrons. The van der Waals surface area contributed by atoms with Crippen LogP contribution in [0.5, 0.6) is 5.75 Å². The first-order valence-electron chi connectivity index (χ1n) is 9.13. The molecule has 1 aliphatic heterocycles. The maximum absolute atomic E-state index is 13.5. The van der Waals surface area contributed by atoms with Crippen LogP contribution in [0.2, 0.25) is 0 Å². The molecule has 0 spiro atoms. The second-order valence-corrected chi connectivity index (χ2v) is 10.9. The van der Waals surface area contributed by atoms with Gasteiger partial charge in [0.1, 0.15) is 23.3 Å². The number of fused-ring (bicyclic) bond motifs is 2. The van der Waals surface area contributed by atoms with Gasteiger partial charge in [0.25, 0.3) is 10.0 Å². The first-order valence-corrected chi connectivity index (χ1v) is 12.2. The van der Waals surface area contributed by atoms with Crippen molar-refractivity contribution in [2.45, 2.75) is 11.8 Å². The largest absolute Gasteiger partial charge is 0.489 e. The zero-order valence-corrected chi connectivity index (χ0v) is 18.3. The molecule has 30 heavy (non-hydrogen) atoms. The number of aromatic nitrogens is 1. The summed E-state index contributed by atoms with van der Waals surface area (Å²) in [5, 5.41) is 9.99. The van der Waals surface area contributed by atoms with Crippen LogP contribution in [0.3, 0.4) is 0 Å². The van der Waals surface area contributed by atoms with Crippen molar-refractivity contribution in [1.29, 1.82) is 5.26 Å². The van der Waals surface area contributed by atoms with E-state index in [9.17, 15) is 8.42 Å². The van der Waals surface area contributed by atoms with E-state index in [0.29, 0.717) is 16.3 Å². The van der Waals surface area contributed by atoms with E-state index in [0.717, 1.165) is 25.7 Å². The molecule has 3 heterocycles. The van der Waals surface area contributed by atoms with E-state index in [2.05, 4.69) is 11.1 Å². The van der Waals surface area contributed by atoms with Gasteiger partial charge in [-0.25, -0.2) is 13.4 Å². The van der Waals surface area contributed by atoms with Crippen molar-refractivity contribution in [2.75, 3.05) is 17.5 Å². The number of thiophene rings is 1. The normalized spacial score (nSPS) is 13.7. The lowest BCUT2D eigenvalue weighted by Crippen LogP contribution is -2.37. The van der Waals surface area contributed by atoms with Crippen LogP contribution < -0.4 is 9.04 Å². The lowest BCUT2D eigenvalue weighted by Gasteiger charge is -2.30. The molecule has 0 unspecified atom stereocenters. The van der Waals surface area contributed by atoms with Gasteiger partial charge in [-0.3, -0.25) is 4.31 Å². The average Bonchev–Trinajstić information content (AvgIpc) is 3.37. The Labute approximate surface area is 181 Å². The van der Waals surface area contributed by atoms with Crippen molar-refractivity contribution in [2.24, 2.45) is 0 Å². The standard InChI is InChI=1S/C21H15N3O3S3/c1-13-23-17-5-4-16(11-21(17)28-13)30(25,26)24-8-9-27-19-6-2-14(10-18(19)24)20-7-3-15(12-22)29-20/h2-7,10-11H,8-9H2,1H3. The minimum absolute atomic E-state index is 0.229. The fourth-order valence-corrected chi connectivity index (χ4v) is 6.68. The fourth-order valence-electron chi connectivity index (χ4n) is 3.46. The van der Waals surface area contributed by atoms with E-state index in [1.165, 1.54) is 27.0 Å². The summed E-state index contributed by atoms with van der Waals surface area (Å²) in [6.45, 7) is 2.42. The number of benzene rings is 2. The predicted molar refractivity (Wildman–Crippen MR) is 119 cm³/mol. The molecule has 0 atom stereocenters. The number of rotatable bonds is 3. The van der Waals surface area contributed by atoms with Crippen molar-refractivity contribution in [3.63, 3.8) is 0 Å². The third kappa shape index (κ3) is 3.13. The molecule has 4 aromatic rings. The molecular weight excluding hydrogens is 438 g/mol. The molecule has 5 rings (SSSR count).